The number of benzene rings is 1. The van der Waals surface area contributed by atoms with E-state index >= 15 is 0 Å². The van der Waals surface area contributed by atoms with Gasteiger partial charge in [-0.05, 0) is 24.1 Å². The third-order valence-corrected chi connectivity index (χ3v) is 3.33. The number of nitrogens with one attached hydrogen (secondary N) is 1. The van der Waals surface area contributed by atoms with Crippen LogP contribution in [0.1, 0.15) is 13.8 Å². The predicted octanol–water partition coefficient (Wildman–Crippen LogP) is 1.97. The van der Waals surface area contributed by atoms with E-state index in [2.05, 4.69) is 5.32 Å². The first-order chi connectivity index (χ1) is 8.91. The standard InChI is InChI=1S/C13H14ClFN2O2/c1-7(2)12-13(19)16-6-11(18)17(12)8-3-4-10(15)9(14)5-8/h3-5,7,12H,6H2,1-2H3,(H,16,19). The summed E-state index contributed by atoms with van der Waals surface area (Å²) in [7, 11) is 0. The molecule has 2 rings (SSSR count). The number of halogens is 2. The maximum Gasteiger partial charge on any atom is 0.247 e. The van der Waals surface area contributed by atoms with Gasteiger partial charge in [0.25, 0.3) is 0 Å². The maximum atomic E-state index is 13.2. The molecule has 1 aliphatic rings. The molecule has 102 valence electrons. The van der Waals surface area contributed by atoms with E-state index in [0.717, 1.165) is 0 Å². The van der Waals surface area contributed by atoms with Crippen LogP contribution in [0.25, 0.3) is 0 Å². The van der Waals surface area contributed by atoms with E-state index in [-0.39, 0.29) is 29.3 Å². The summed E-state index contributed by atoms with van der Waals surface area (Å²) in [6.45, 7) is 3.64. The zero-order valence-electron chi connectivity index (χ0n) is 10.6. The molecule has 1 aromatic carbocycles. The minimum Gasteiger partial charge on any atom is -0.345 e. The van der Waals surface area contributed by atoms with Crippen molar-refractivity contribution in [1.29, 1.82) is 0 Å². The van der Waals surface area contributed by atoms with Crippen LogP contribution in [-0.2, 0) is 9.59 Å². The van der Waals surface area contributed by atoms with Gasteiger partial charge in [-0.3, -0.25) is 14.5 Å². The lowest BCUT2D eigenvalue weighted by molar-refractivity contribution is -0.131. The molecule has 0 saturated carbocycles. The number of anilines is 1. The van der Waals surface area contributed by atoms with Gasteiger partial charge in [0.15, 0.2) is 0 Å². The van der Waals surface area contributed by atoms with Crippen molar-refractivity contribution in [3.8, 4) is 0 Å². The Hall–Kier alpha value is -1.62. The minimum absolute atomic E-state index is 0.0585. The minimum atomic E-state index is -0.609. The van der Waals surface area contributed by atoms with Crippen LogP contribution in [0.4, 0.5) is 10.1 Å². The monoisotopic (exact) mass is 284 g/mol. The molecule has 6 heteroatoms. The maximum absolute atomic E-state index is 13.2. The van der Waals surface area contributed by atoms with Crippen molar-refractivity contribution in [2.75, 3.05) is 11.4 Å². The smallest absolute Gasteiger partial charge is 0.247 e. The van der Waals surface area contributed by atoms with Gasteiger partial charge in [-0.25, -0.2) is 4.39 Å². The van der Waals surface area contributed by atoms with Gasteiger partial charge in [0.2, 0.25) is 11.8 Å². The summed E-state index contributed by atoms with van der Waals surface area (Å²) >= 11 is 5.73. The second-order valence-electron chi connectivity index (χ2n) is 4.77. The van der Waals surface area contributed by atoms with E-state index < -0.39 is 11.9 Å². The Kier molecular flexibility index (Phi) is 3.75. The summed E-state index contributed by atoms with van der Waals surface area (Å²) < 4.78 is 13.2. The van der Waals surface area contributed by atoms with E-state index in [1.54, 1.807) is 0 Å². The lowest BCUT2D eigenvalue weighted by atomic mass is 9.98. The van der Waals surface area contributed by atoms with Gasteiger partial charge in [-0.2, -0.15) is 0 Å². The van der Waals surface area contributed by atoms with Gasteiger partial charge in [-0.1, -0.05) is 25.4 Å². The molecule has 2 amide bonds. The van der Waals surface area contributed by atoms with Crippen LogP contribution in [0.15, 0.2) is 18.2 Å². The normalized spacial score (nSPS) is 19.8. The van der Waals surface area contributed by atoms with Crippen molar-refractivity contribution in [3.63, 3.8) is 0 Å². The first-order valence-corrected chi connectivity index (χ1v) is 6.34. The molecular weight excluding hydrogens is 271 g/mol. The Bertz CT molecular complexity index is 533. The van der Waals surface area contributed by atoms with Gasteiger partial charge in [0.1, 0.15) is 11.9 Å². The highest BCUT2D eigenvalue weighted by Crippen LogP contribution is 2.27. The van der Waals surface area contributed by atoms with Crippen molar-refractivity contribution < 1.29 is 14.0 Å². The van der Waals surface area contributed by atoms with Crippen LogP contribution in [0, 0.1) is 11.7 Å². The molecule has 0 aliphatic carbocycles. The van der Waals surface area contributed by atoms with E-state index in [1.165, 1.54) is 23.1 Å². The fraction of sp³-hybridized carbons (Fsp3) is 0.385. The highest BCUT2D eigenvalue weighted by atomic mass is 35.5. The average Bonchev–Trinajstić information content (AvgIpc) is 2.35. The number of rotatable bonds is 2. The molecule has 1 aliphatic heterocycles. The van der Waals surface area contributed by atoms with Crippen molar-refractivity contribution in [2.24, 2.45) is 5.92 Å². The van der Waals surface area contributed by atoms with Crippen LogP contribution in [0.3, 0.4) is 0 Å². The number of hydrogen-bond acceptors (Lipinski definition) is 2. The lowest BCUT2D eigenvalue weighted by Gasteiger charge is -2.37. The van der Waals surface area contributed by atoms with E-state index in [9.17, 15) is 14.0 Å². The fourth-order valence-corrected chi connectivity index (χ4v) is 2.34. The van der Waals surface area contributed by atoms with Crippen LogP contribution >= 0.6 is 11.6 Å². The third kappa shape index (κ3) is 2.56. The summed E-state index contributed by atoms with van der Waals surface area (Å²) in [5.74, 6) is -1.07. The molecule has 1 unspecified atom stereocenters. The molecule has 1 atom stereocenters. The van der Waals surface area contributed by atoms with Gasteiger partial charge in [-0.15, -0.1) is 0 Å². The van der Waals surface area contributed by atoms with Gasteiger partial charge in [0.05, 0.1) is 11.6 Å². The molecule has 4 nitrogen and oxygen atoms in total. The van der Waals surface area contributed by atoms with E-state index in [0.29, 0.717) is 5.69 Å². The van der Waals surface area contributed by atoms with Gasteiger partial charge in [0, 0.05) is 5.69 Å². The summed E-state index contributed by atoms with van der Waals surface area (Å²) in [5.41, 5.74) is 0.435. The summed E-state index contributed by atoms with van der Waals surface area (Å²) in [6, 6.07) is 3.40. The Morgan fingerprint density at radius 3 is 2.68 bits per heavy atom. The van der Waals surface area contributed by atoms with Crippen LogP contribution in [-0.4, -0.2) is 24.4 Å². The molecule has 1 aromatic rings. The number of hydrogen-bond donors (Lipinski definition) is 1. The first kappa shape index (κ1) is 13.8. The topological polar surface area (TPSA) is 49.4 Å². The first-order valence-electron chi connectivity index (χ1n) is 5.96. The average molecular weight is 285 g/mol. The Morgan fingerprint density at radius 1 is 1.42 bits per heavy atom. The number of carbonyl (C=O) groups excluding carboxylic acids is 2. The molecule has 19 heavy (non-hydrogen) atoms. The summed E-state index contributed by atoms with van der Waals surface area (Å²) in [4.78, 5) is 25.3. The number of carbonyl (C=O) groups is 2. The van der Waals surface area contributed by atoms with Crippen molar-refractivity contribution in [2.45, 2.75) is 19.9 Å². The number of piperazine rings is 1. The Morgan fingerprint density at radius 2 is 2.11 bits per heavy atom. The molecule has 0 bridgehead atoms. The molecular formula is C13H14ClFN2O2. The zero-order chi connectivity index (χ0) is 14.2. The lowest BCUT2D eigenvalue weighted by Crippen LogP contribution is -2.60. The zero-order valence-corrected chi connectivity index (χ0v) is 11.4. The quantitative estimate of drug-likeness (QED) is 0.903. The number of amides is 2. The molecule has 1 fully saturated rings. The molecule has 1 saturated heterocycles. The fourth-order valence-electron chi connectivity index (χ4n) is 2.17. The van der Waals surface area contributed by atoms with Crippen molar-refractivity contribution in [3.05, 3.63) is 29.0 Å². The molecule has 1 heterocycles. The van der Waals surface area contributed by atoms with Gasteiger partial charge < -0.3 is 5.32 Å². The number of nitrogens with zero attached hydrogens (tertiary/aromatic N) is 1. The third-order valence-electron chi connectivity index (χ3n) is 3.04. The highest BCUT2D eigenvalue weighted by Gasteiger charge is 2.37. The summed E-state index contributed by atoms with van der Waals surface area (Å²) in [5, 5.41) is 2.48. The predicted molar refractivity (Wildman–Crippen MR) is 70.5 cm³/mol. The van der Waals surface area contributed by atoms with Gasteiger partial charge >= 0.3 is 0 Å². The van der Waals surface area contributed by atoms with Crippen LogP contribution < -0.4 is 10.2 Å². The van der Waals surface area contributed by atoms with Crippen LogP contribution in [0.5, 0.6) is 0 Å². The SMILES string of the molecule is CC(C)C1C(=O)NCC(=O)N1c1ccc(F)c(Cl)c1. The largest absolute Gasteiger partial charge is 0.345 e. The second kappa shape index (κ2) is 5.17. The van der Waals surface area contributed by atoms with Crippen molar-refractivity contribution >= 4 is 29.1 Å². The summed E-state index contributed by atoms with van der Waals surface area (Å²) in [6.07, 6.45) is 0. The van der Waals surface area contributed by atoms with E-state index in [4.69, 9.17) is 11.6 Å². The Balaban J connectivity index is 2.45. The molecule has 0 aromatic heterocycles. The van der Waals surface area contributed by atoms with E-state index in [1.807, 2.05) is 13.8 Å². The van der Waals surface area contributed by atoms with Crippen LogP contribution in [0.2, 0.25) is 5.02 Å². The molecule has 1 N–H and O–H groups in total. The second-order valence-corrected chi connectivity index (χ2v) is 5.18. The van der Waals surface area contributed by atoms with Crippen molar-refractivity contribution in [1.82, 2.24) is 5.32 Å². The molecule has 0 spiro atoms. The molecule has 0 radical (unpaired) electrons. The highest BCUT2D eigenvalue weighted by molar-refractivity contribution is 6.31. The Labute approximate surface area is 115 Å².